The van der Waals surface area contributed by atoms with Gasteiger partial charge >= 0.3 is 0 Å². The molecule has 7 nitrogen and oxygen atoms in total. The molecule has 0 fully saturated rings. The molecule has 2 heterocycles. The lowest BCUT2D eigenvalue weighted by atomic mass is 10.2. The summed E-state index contributed by atoms with van der Waals surface area (Å²) in [6.07, 6.45) is 3.40. The predicted molar refractivity (Wildman–Crippen MR) is 140 cm³/mol. The van der Waals surface area contributed by atoms with Gasteiger partial charge in [-0.3, -0.25) is 10.1 Å². The van der Waals surface area contributed by atoms with E-state index in [1.54, 1.807) is 12.1 Å². The fraction of sp³-hybridized carbons (Fsp3) is 0.120. The molecular weight excluding hydrogens is 502 g/mol. The number of halogens is 1. The molecule has 0 spiro atoms. The number of hydrogen-bond acceptors (Lipinski definition) is 7. The molecule has 0 bridgehead atoms. The van der Waals surface area contributed by atoms with Gasteiger partial charge in [0.1, 0.15) is 24.0 Å². The van der Waals surface area contributed by atoms with E-state index in [-0.39, 0.29) is 5.57 Å². The third kappa shape index (κ3) is 6.96. The van der Waals surface area contributed by atoms with E-state index in [0.717, 1.165) is 22.8 Å². The van der Waals surface area contributed by atoms with Gasteiger partial charge in [0, 0.05) is 29.2 Å². The van der Waals surface area contributed by atoms with Gasteiger partial charge in [0.2, 0.25) is 10.3 Å². The summed E-state index contributed by atoms with van der Waals surface area (Å²) in [6.45, 7) is 0.893. The molecule has 0 unspecified atom stereocenters. The van der Waals surface area contributed by atoms with E-state index in [9.17, 15) is 10.1 Å². The van der Waals surface area contributed by atoms with E-state index in [1.165, 1.54) is 17.8 Å². The quantitative estimate of drug-likeness (QED) is 0.158. The Hall–Kier alpha value is -3.58. The lowest BCUT2D eigenvalue weighted by molar-refractivity contribution is -0.112. The first-order chi connectivity index (χ1) is 17.1. The summed E-state index contributed by atoms with van der Waals surface area (Å²) in [5.41, 5.74) is 1.83. The number of carbonyl (C=O) groups is 1. The predicted octanol–water partition coefficient (Wildman–Crippen LogP) is 5.91. The summed E-state index contributed by atoms with van der Waals surface area (Å²) < 4.78 is 11.9. The molecule has 0 aliphatic carbocycles. The number of carbonyl (C=O) groups excluding carboxylic acids is 1. The van der Waals surface area contributed by atoms with Gasteiger partial charge in [-0.15, -0.1) is 0 Å². The number of nitriles is 1. The van der Waals surface area contributed by atoms with Crippen molar-refractivity contribution >= 4 is 52.0 Å². The fourth-order valence-corrected chi connectivity index (χ4v) is 4.77. The average molecular weight is 522 g/mol. The van der Waals surface area contributed by atoms with Crippen LogP contribution in [0.25, 0.3) is 6.08 Å². The van der Waals surface area contributed by atoms with Gasteiger partial charge in [0.05, 0.1) is 11.6 Å². The van der Waals surface area contributed by atoms with Crippen LogP contribution in [0, 0.1) is 11.3 Å². The van der Waals surface area contributed by atoms with Crippen LogP contribution in [0.3, 0.4) is 0 Å². The molecule has 10 heteroatoms. The summed E-state index contributed by atoms with van der Waals surface area (Å²) in [6, 6.07) is 22.9. The third-order valence-electron chi connectivity index (χ3n) is 4.79. The molecule has 0 saturated carbocycles. The van der Waals surface area contributed by atoms with Crippen LogP contribution in [0.1, 0.15) is 11.3 Å². The SMILES string of the molecule is N#C/C(=C/c1cccn1CCOc1ccccc1Cl)C(=O)Nc1nc(SCc2ccccc2)ns1. The fourth-order valence-electron chi connectivity index (χ4n) is 3.08. The maximum absolute atomic E-state index is 12.7. The van der Waals surface area contributed by atoms with Gasteiger partial charge in [-0.2, -0.15) is 14.6 Å². The monoisotopic (exact) mass is 521 g/mol. The van der Waals surface area contributed by atoms with Crippen molar-refractivity contribution in [3.05, 3.63) is 94.8 Å². The average Bonchev–Trinajstić information content (AvgIpc) is 3.52. The van der Waals surface area contributed by atoms with Gasteiger partial charge in [-0.05, 0) is 35.9 Å². The topological polar surface area (TPSA) is 92.8 Å². The molecule has 1 N–H and O–H groups in total. The van der Waals surface area contributed by atoms with Gasteiger partial charge in [0.15, 0.2) is 0 Å². The largest absolute Gasteiger partial charge is 0.490 e. The first-order valence-corrected chi connectivity index (χ1v) is 12.7. The van der Waals surface area contributed by atoms with E-state index in [1.807, 2.05) is 71.4 Å². The van der Waals surface area contributed by atoms with E-state index in [0.29, 0.717) is 39.9 Å². The lowest BCUT2D eigenvalue weighted by Gasteiger charge is -2.10. The molecular formula is C25H20ClN5O2S2. The summed E-state index contributed by atoms with van der Waals surface area (Å²) in [4.78, 5) is 17.0. The second-order valence-corrected chi connectivity index (χ2v) is 9.29. The van der Waals surface area contributed by atoms with Crippen LogP contribution < -0.4 is 10.1 Å². The maximum Gasteiger partial charge on any atom is 0.268 e. The van der Waals surface area contributed by atoms with E-state index in [2.05, 4.69) is 14.7 Å². The number of benzene rings is 2. The highest BCUT2D eigenvalue weighted by Crippen LogP contribution is 2.25. The van der Waals surface area contributed by atoms with Gasteiger partial charge in [-0.1, -0.05) is 65.8 Å². The minimum atomic E-state index is -0.539. The Morgan fingerprint density at radius 1 is 1.17 bits per heavy atom. The number of rotatable bonds is 10. The second kappa shape index (κ2) is 12.2. The van der Waals surface area contributed by atoms with Crippen LogP contribution in [0.15, 0.2) is 83.7 Å². The van der Waals surface area contributed by atoms with Crippen molar-refractivity contribution < 1.29 is 9.53 Å². The molecule has 0 aliphatic rings. The number of aromatic nitrogens is 3. The number of hydrogen-bond donors (Lipinski definition) is 1. The van der Waals surface area contributed by atoms with Gasteiger partial charge < -0.3 is 9.30 Å². The number of para-hydroxylation sites is 1. The van der Waals surface area contributed by atoms with Crippen molar-refractivity contribution in [2.24, 2.45) is 0 Å². The van der Waals surface area contributed by atoms with Crippen molar-refractivity contribution in [2.75, 3.05) is 11.9 Å². The summed E-state index contributed by atoms with van der Waals surface area (Å²) in [7, 11) is 0. The van der Waals surface area contributed by atoms with Crippen LogP contribution in [0.4, 0.5) is 5.13 Å². The van der Waals surface area contributed by atoms with Crippen molar-refractivity contribution in [3.63, 3.8) is 0 Å². The highest BCUT2D eigenvalue weighted by atomic mass is 35.5. The van der Waals surface area contributed by atoms with Gasteiger partial charge in [0.25, 0.3) is 5.91 Å². The zero-order chi connectivity index (χ0) is 24.5. The molecule has 1 amide bonds. The van der Waals surface area contributed by atoms with Crippen LogP contribution >= 0.6 is 34.9 Å². The zero-order valence-electron chi connectivity index (χ0n) is 18.4. The molecule has 4 aromatic rings. The van der Waals surface area contributed by atoms with Crippen LogP contribution in [0.5, 0.6) is 5.75 Å². The molecule has 0 saturated heterocycles. The maximum atomic E-state index is 12.7. The Bertz CT molecular complexity index is 1360. The minimum absolute atomic E-state index is 0.0364. The Balaban J connectivity index is 1.35. The molecule has 2 aromatic heterocycles. The number of thioether (sulfide) groups is 1. The number of nitrogens with zero attached hydrogens (tertiary/aromatic N) is 4. The summed E-state index contributed by atoms with van der Waals surface area (Å²) in [5.74, 6) is 0.795. The lowest BCUT2D eigenvalue weighted by Crippen LogP contribution is -2.14. The first-order valence-electron chi connectivity index (χ1n) is 10.6. The van der Waals surface area contributed by atoms with Crippen molar-refractivity contribution in [1.29, 1.82) is 5.26 Å². The molecule has 2 aromatic carbocycles. The van der Waals surface area contributed by atoms with E-state index in [4.69, 9.17) is 16.3 Å². The highest BCUT2D eigenvalue weighted by molar-refractivity contribution is 7.98. The van der Waals surface area contributed by atoms with Crippen LogP contribution in [-0.4, -0.2) is 26.4 Å². The Kier molecular flexibility index (Phi) is 8.57. The standard InChI is InChI=1S/C25H20ClN5O2S2/c26-21-10-4-5-11-22(21)33-14-13-31-12-6-9-20(31)15-19(16-27)23(32)28-24-29-25(30-35-24)34-17-18-7-2-1-3-8-18/h1-12,15H,13-14,17H2,(H,28,29,30,32)/b19-15-. The molecule has 0 atom stereocenters. The Labute approximate surface area is 216 Å². The number of ether oxygens (including phenoxy) is 1. The normalized spacial score (nSPS) is 11.1. The van der Waals surface area contributed by atoms with E-state index >= 15 is 0 Å². The molecule has 176 valence electrons. The molecule has 0 radical (unpaired) electrons. The zero-order valence-corrected chi connectivity index (χ0v) is 20.8. The summed E-state index contributed by atoms with van der Waals surface area (Å²) >= 11 is 8.68. The van der Waals surface area contributed by atoms with E-state index < -0.39 is 5.91 Å². The smallest absolute Gasteiger partial charge is 0.268 e. The number of anilines is 1. The number of amides is 1. The van der Waals surface area contributed by atoms with Crippen molar-refractivity contribution in [1.82, 2.24) is 13.9 Å². The van der Waals surface area contributed by atoms with Crippen LogP contribution in [0.2, 0.25) is 5.02 Å². The minimum Gasteiger partial charge on any atom is -0.490 e. The second-order valence-electron chi connectivity index (χ2n) is 7.19. The third-order valence-corrected chi connectivity index (χ3v) is 6.76. The summed E-state index contributed by atoms with van der Waals surface area (Å²) in [5, 5.41) is 13.7. The number of nitrogens with one attached hydrogen (secondary N) is 1. The highest BCUT2D eigenvalue weighted by Gasteiger charge is 2.14. The van der Waals surface area contributed by atoms with Gasteiger partial charge in [-0.25, -0.2) is 0 Å². The van der Waals surface area contributed by atoms with Crippen molar-refractivity contribution in [2.45, 2.75) is 17.5 Å². The molecule has 4 rings (SSSR count). The Morgan fingerprint density at radius 3 is 2.77 bits per heavy atom. The molecule has 0 aliphatic heterocycles. The Morgan fingerprint density at radius 2 is 1.97 bits per heavy atom. The van der Waals surface area contributed by atoms with Crippen molar-refractivity contribution in [3.8, 4) is 11.8 Å². The first kappa shape index (κ1) is 24.5. The molecule has 35 heavy (non-hydrogen) atoms. The van der Waals surface area contributed by atoms with Crippen LogP contribution in [-0.2, 0) is 17.1 Å².